The zero-order valence-corrected chi connectivity index (χ0v) is 15.0. The van der Waals surface area contributed by atoms with Gasteiger partial charge in [-0.2, -0.15) is 0 Å². The van der Waals surface area contributed by atoms with Gasteiger partial charge in [0.25, 0.3) is 0 Å². The highest BCUT2D eigenvalue weighted by Crippen LogP contribution is 2.38. The minimum Gasteiger partial charge on any atom is -0.486 e. The number of nitrogens with one attached hydrogen (secondary N) is 1. The highest BCUT2D eigenvalue weighted by atomic mass is 35.5. The number of rotatable bonds is 6. The molecule has 0 unspecified atom stereocenters. The number of halogens is 2. The number of hydrogen-bond donors (Lipinski definition) is 1. The van der Waals surface area contributed by atoms with Crippen LogP contribution in [0.15, 0.2) is 41.3 Å². The number of carbonyl (C=O) groups excluding carboxylic acids is 1. The third kappa shape index (κ3) is 5.03. The molecule has 1 aliphatic heterocycles. The van der Waals surface area contributed by atoms with Crippen LogP contribution in [0.3, 0.4) is 0 Å². The lowest BCUT2D eigenvalue weighted by Gasteiger charge is -2.20. The fourth-order valence-corrected chi connectivity index (χ4v) is 3.49. The summed E-state index contributed by atoms with van der Waals surface area (Å²) < 4.78 is 23.8. The zero-order chi connectivity index (χ0) is 17.6. The highest BCUT2D eigenvalue weighted by Gasteiger charge is 2.16. The Morgan fingerprint density at radius 1 is 1.20 bits per heavy atom. The van der Waals surface area contributed by atoms with Gasteiger partial charge in [0.05, 0.1) is 5.02 Å². The summed E-state index contributed by atoms with van der Waals surface area (Å²) in [6, 6.07) is 9.82. The van der Waals surface area contributed by atoms with Crippen LogP contribution in [0.4, 0.5) is 4.39 Å². The smallest absolute Gasteiger partial charge is 0.221 e. The summed E-state index contributed by atoms with van der Waals surface area (Å²) in [6.07, 6.45) is 0.375. The highest BCUT2D eigenvalue weighted by molar-refractivity contribution is 7.99. The number of amides is 1. The van der Waals surface area contributed by atoms with Crippen molar-refractivity contribution in [2.24, 2.45) is 0 Å². The number of fused-ring (bicyclic) bond motifs is 1. The van der Waals surface area contributed by atoms with Gasteiger partial charge in [-0.3, -0.25) is 4.79 Å². The van der Waals surface area contributed by atoms with Gasteiger partial charge in [-0.05, 0) is 42.0 Å². The average molecular weight is 382 g/mol. The van der Waals surface area contributed by atoms with Crippen LogP contribution in [0.25, 0.3) is 0 Å². The number of thioether (sulfide) groups is 1. The van der Waals surface area contributed by atoms with Crippen LogP contribution in [0.1, 0.15) is 12.0 Å². The first-order valence-corrected chi connectivity index (χ1v) is 9.21. The van der Waals surface area contributed by atoms with E-state index >= 15 is 0 Å². The van der Waals surface area contributed by atoms with Gasteiger partial charge >= 0.3 is 0 Å². The van der Waals surface area contributed by atoms with Gasteiger partial charge in [0, 0.05) is 23.6 Å². The van der Waals surface area contributed by atoms with Crippen molar-refractivity contribution in [3.05, 3.63) is 52.8 Å². The van der Waals surface area contributed by atoms with Gasteiger partial charge in [-0.15, -0.1) is 11.8 Å². The Balaban J connectivity index is 1.46. The normalized spacial score (nSPS) is 12.7. The van der Waals surface area contributed by atoms with E-state index in [2.05, 4.69) is 5.32 Å². The maximum atomic E-state index is 12.8. The van der Waals surface area contributed by atoms with Gasteiger partial charge in [-0.1, -0.05) is 11.6 Å². The fourth-order valence-electron chi connectivity index (χ4n) is 2.35. The molecule has 0 aliphatic carbocycles. The summed E-state index contributed by atoms with van der Waals surface area (Å²) >= 11 is 7.69. The molecule has 3 rings (SSSR count). The first kappa shape index (κ1) is 17.9. The summed E-state index contributed by atoms with van der Waals surface area (Å²) in [7, 11) is 0. The summed E-state index contributed by atoms with van der Waals surface area (Å²) in [5.74, 6) is 1.47. The summed E-state index contributed by atoms with van der Waals surface area (Å²) in [5.41, 5.74) is 0.855. The molecule has 0 atom stereocenters. The van der Waals surface area contributed by atoms with Gasteiger partial charge in [0.2, 0.25) is 5.91 Å². The molecule has 1 heterocycles. The minimum atomic E-state index is -0.264. The van der Waals surface area contributed by atoms with E-state index in [0.717, 1.165) is 10.5 Å². The van der Waals surface area contributed by atoms with E-state index in [4.69, 9.17) is 21.1 Å². The molecule has 0 bridgehead atoms. The van der Waals surface area contributed by atoms with Crippen molar-refractivity contribution in [1.82, 2.24) is 5.32 Å². The molecule has 1 aliphatic rings. The molecule has 0 aromatic heterocycles. The lowest BCUT2D eigenvalue weighted by Crippen LogP contribution is -2.23. The molecule has 2 aromatic rings. The largest absolute Gasteiger partial charge is 0.486 e. The topological polar surface area (TPSA) is 47.6 Å². The number of hydrogen-bond acceptors (Lipinski definition) is 4. The van der Waals surface area contributed by atoms with Crippen LogP contribution in [0, 0.1) is 5.82 Å². The van der Waals surface area contributed by atoms with Crippen molar-refractivity contribution in [2.75, 3.05) is 19.0 Å². The number of benzene rings is 2. The molecule has 4 nitrogen and oxygen atoms in total. The van der Waals surface area contributed by atoms with Crippen LogP contribution >= 0.6 is 23.4 Å². The van der Waals surface area contributed by atoms with Crippen molar-refractivity contribution in [3.63, 3.8) is 0 Å². The summed E-state index contributed by atoms with van der Waals surface area (Å²) in [4.78, 5) is 12.9. The Morgan fingerprint density at radius 2 is 1.96 bits per heavy atom. The molecule has 7 heteroatoms. The predicted molar refractivity (Wildman–Crippen MR) is 96.0 cm³/mol. The maximum Gasteiger partial charge on any atom is 0.221 e. The maximum absolute atomic E-state index is 12.8. The Labute approximate surface area is 154 Å². The molecule has 0 spiro atoms. The monoisotopic (exact) mass is 381 g/mol. The molecular formula is C18H17ClFNO3S. The molecule has 132 valence electrons. The molecule has 0 saturated carbocycles. The first-order valence-electron chi connectivity index (χ1n) is 7.85. The summed E-state index contributed by atoms with van der Waals surface area (Å²) in [6.45, 7) is 1.34. The second-order valence-corrected chi connectivity index (χ2v) is 7.01. The molecule has 2 aromatic carbocycles. The van der Waals surface area contributed by atoms with Gasteiger partial charge in [-0.25, -0.2) is 4.39 Å². The Morgan fingerprint density at radius 3 is 2.76 bits per heavy atom. The third-order valence-electron chi connectivity index (χ3n) is 3.56. The molecule has 0 radical (unpaired) electrons. The second-order valence-electron chi connectivity index (χ2n) is 5.43. The predicted octanol–water partition coefficient (Wildman–Crippen LogP) is 4.05. The zero-order valence-electron chi connectivity index (χ0n) is 13.4. The first-order chi connectivity index (χ1) is 12.1. The Kier molecular flexibility index (Phi) is 6.04. The van der Waals surface area contributed by atoms with E-state index in [1.807, 2.05) is 6.07 Å². The average Bonchev–Trinajstić information content (AvgIpc) is 2.62. The lowest BCUT2D eigenvalue weighted by molar-refractivity contribution is -0.120. The number of carbonyl (C=O) groups is 1. The molecular weight excluding hydrogens is 365 g/mol. The van der Waals surface area contributed by atoms with Gasteiger partial charge in [0.1, 0.15) is 19.0 Å². The van der Waals surface area contributed by atoms with Crippen LogP contribution in [0.2, 0.25) is 5.02 Å². The molecule has 1 N–H and O–H groups in total. The van der Waals surface area contributed by atoms with E-state index in [9.17, 15) is 9.18 Å². The van der Waals surface area contributed by atoms with Crippen molar-refractivity contribution in [1.29, 1.82) is 0 Å². The van der Waals surface area contributed by atoms with Crippen LogP contribution in [0.5, 0.6) is 11.5 Å². The van der Waals surface area contributed by atoms with E-state index in [1.54, 1.807) is 18.2 Å². The Hall–Kier alpha value is -1.92. The van der Waals surface area contributed by atoms with Crippen LogP contribution in [-0.2, 0) is 11.3 Å². The van der Waals surface area contributed by atoms with Crippen molar-refractivity contribution in [3.8, 4) is 11.5 Å². The van der Waals surface area contributed by atoms with Crippen LogP contribution in [-0.4, -0.2) is 24.9 Å². The van der Waals surface area contributed by atoms with Crippen LogP contribution < -0.4 is 14.8 Å². The van der Waals surface area contributed by atoms with Gasteiger partial charge in [0.15, 0.2) is 11.5 Å². The standard InChI is InChI=1S/C18H17ClFNO3S/c19-15-9-12(10-16-18(15)24-7-6-23-16)11-21-17(22)5-8-25-14-3-1-13(20)2-4-14/h1-4,9-10H,5-8,11H2,(H,21,22). The Bertz CT molecular complexity index is 755. The van der Waals surface area contributed by atoms with Crippen molar-refractivity contribution < 1.29 is 18.7 Å². The molecule has 0 fully saturated rings. The molecule has 25 heavy (non-hydrogen) atoms. The number of ether oxygens (including phenoxy) is 2. The van der Waals surface area contributed by atoms with Crippen molar-refractivity contribution >= 4 is 29.3 Å². The van der Waals surface area contributed by atoms with E-state index in [0.29, 0.717) is 48.5 Å². The van der Waals surface area contributed by atoms with Crippen molar-refractivity contribution in [2.45, 2.75) is 17.9 Å². The minimum absolute atomic E-state index is 0.0550. The second kappa shape index (κ2) is 8.45. The van der Waals surface area contributed by atoms with E-state index in [-0.39, 0.29) is 11.7 Å². The lowest BCUT2D eigenvalue weighted by atomic mass is 10.2. The molecule has 1 amide bonds. The van der Waals surface area contributed by atoms with Gasteiger partial charge < -0.3 is 14.8 Å². The summed E-state index contributed by atoms with van der Waals surface area (Å²) in [5, 5.41) is 3.34. The quantitative estimate of drug-likeness (QED) is 0.767. The van der Waals surface area contributed by atoms with E-state index in [1.165, 1.54) is 23.9 Å². The third-order valence-corrected chi connectivity index (χ3v) is 4.85. The molecule has 0 saturated heterocycles. The SMILES string of the molecule is O=C(CCSc1ccc(F)cc1)NCc1cc(Cl)c2c(c1)OCCO2. The van der Waals surface area contributed by atoms with E-state index < -0.39 is 0 Å². The fraction of sp³-hybridized carbons (Fsp3) is 0.278.